The van der Waals surface area contributed by atoms with Gasteiger partial charge in [0.2, 0.25) is 0 Å². The molecule has 7 heteroatoms. The summed E-state index contributed by atoms with van der Waals surface area (Å²) < 4.78 is 35.1. The van der Waals surface area contributed by atoms with Crippen LogP contribution in [0.4, 0.5) is 8.78 Å². The lowest BCUT2D eigenvalue weighted by molar-refractivity contribution is 0.0382. The molecule has 0 saturated carbocycles. The quantitative estimate of drug-likeness (QED) is 0.736. The van der Waals surface area contributed by atoms with Gasteiger partial charge in [0.05, 0.1) is 18.8 Å². The Morgan fingerprint density at radius 1 is 1.14 bits per heavy atom. The van der Waals surface area contributed by atoms with Gasteiger partial charge >= 0.3 is 0 Å². The lowest BCUT2D eigenvalue weighted by Crippen LogP contribution is -2.33. The first kappa shape index (κ1) is 18.3. The number of rotatable bonds is 5. The smallest absolute Gasteiger partial charge is 0.257 e. The zero-order chi connectivity index (χ0) is 19.5. The van der Waals surface area contributed by atoms with Gasteiger partial charge in [-0.3, -0.25) is 9.48 Å². The molecule has 28 heavy (non-hydrogen) atoms. The second kappa shape index (κ2) is 7.90. The number of halogens is 2. The minimum absolute atomic E-state index is 0.0853. The largest absolute Gasteiger partial charge is 0.370 e. The number of ether oxygens (including phenoxy) is 1. The zero-order valence-corrected chi connectivity index (χ0v) is 15.1. The zero-order valence-electron chi connectivity index (χ0n) is 15.1. The van der Waals surface area contributed by atoms with Gasteiger partial charge in [-0.2, -0.15) is 5.10 Å². The van der Waals surface area contributed by atoms with Crippen molar-refractivity contribution < 1.29 is 18.3 Å². The van der Waals surface area contributed by atoms with Gasteiger partial charge < -0.3 is 10.1 Å². The molecule has 2 aromatic carbocycles. The summed E-state index contributed by atoms with van der Waals surface area (Å²) in [5, 5.41) is 7.16. The lowest BCUT2D eigenvalue weighted by Gasteiger charge is -2.22. The predicted molar refractivity (Wildman–Crippen MR) is 98.9 cm³/mol. The summed E-state index contributed by atoms with van der Waals surface area (Å²) in [6.07, 6.45) is 2.26. The fourth-order valence-electron chi connectivity index (χ4n) is 3.33. The van der Waals surface area contributed by atoms with E-state index < -0.39 is 29.2 Å². The maximum Gasteiger partial charge on any atom is 0.257 e. The van der Waals surface area contributed by atoms with Crippen LogP contribution in [0.3, 0.4) is 0 Å². The maximum absolute atomic E-state index is 13.8. The molecule has 1 atom stereocenters. The van der Waals surface area contributed by atoms with Crippen molar-refractivity contribution in [2.24, 2.45) is 0 Å². The average Bonchev–Trinajstić information content (AvgIpc) is 3.10. The second-order valence-electron chi connectivity index (χ2n) is 6.64. The Kier molecular flexibility index (Phi) is 5.16. The monoisotopic (exact) mass is 383 g/mol. The van der Waals surface area contributed by atoms with Crippen molar-refractivity contribution in [1.82, 2.24) is 15.1 Å². The van der Waals surface area contributed by atoms with Crippen LogP contribution in [-0.4, -0.2) is 28.8 Å². The van der Waals surface area contributed by atoms with E-state index >= 15 is 0 Å². The Labute approximate surface area is 160 Å². The molecule has 0 bridgehead atoms. The first-order valence-corrected chi connectivity index (χ1v) is 9.06. The van der Waals surface area contributed by atoms with E-state index in [4.69, 9.17) is 4.74 Å². The average molecular weight is 383 g/mol. The number of benzene rings is 2. The molecule has 0 spiro atoms. The summed E-state index contributed by atoms with van der Waals surface area (Å²) in [5.74, 6) is -2.60. The molecule has 0 radical (unpaired) electrons. The fraction of sp³-hybridized carbons (Fsp3) is 0.238. The van der Waals surface area contributed by atoms with Crippen molar-refractivity contribution in [3.8, 4) is 0 Å². The van der Waals surface area contributed by atoms with Crippen molar-refractivity contribution in [2.75, 3.05) is 13.2 Å². The van der Waals surface area contributed by atoms with Crippen LogP contribution in [0.1, 0.15) is 33.3 Å². The Hall–Kier alpha value is -3.06. The molecule has 5 nitrogen and oxygen atoms in total. The molecule has 0 saturated heterocycles. The van der Waals surface area contributed by atoms with Gasteiger partial charge in [-0.1, -0.05) is 36.4 Å². The molecule has 1 amide bonds. The van der Waals surface area contributed by atoms with Gasteiger partial charge in [-0.15, -0.1) is 0 Å². The van der Waals surface area contributed by atoms with E-state index in [1.165, 1.54) is 6.07 Å². The molecule has 4 rings (SSSR count). The molecular formula is C21H19F2N3O2. The first-order valence-electron chi connectivity index (χ1n) is 9.06. The highest BCUT2D eigenvalue weighted by Crippen LogP contribution is 2.25. The van der Waals surface area contributed by atoms with Crippen molar-refractivity contribution >= 4 is 5.91 Å². The van der Waals surface area contributed by atoms with Crippen LogP contribution in [0, 0.1) is 11.6 Å². The molecule has 1 N–H and O–H groups in total. The highest BCUT2D eigenvalue weighted by molar-refractivity contribution is 5.94. The Morgan fingerprint density at radius 2 is 1.89 bits per heavy atom. The van der Waals surface area contributed by atoms with Gasteiger partial charge in [0.1, 0.15) is 23.3 Å². The van der Waals surface area contributed by atoms with Gasteiger partial charge in [0, 0.05) is 12.7 Å². The minimum Gasteiger partial charge on any atom is -0.370 e. The molecule has 0 fully saturated rings. The van der Waals surface area contributed by atoms with Crippen LogP contribution in [0.5, 0.6) is 0 Å². The standard InChI is InChI=1S/C21H19F2N3O2/c22-16-7-4-8-17(23)19(16)21(27)24-11-18-20-15(9-10-28-18)13-26(25-20)12-14-5-2-1-3-6-14/h1-8,13,18H,9-12H2,(H,24,27). The van der Waals surface area contributed by atoms with Crippen LogP contribution in [-0.2, 0) is 17.7 Å². The highest BCUT2D eigenvalue weighted by atomic mass is 19.1. The summed E-state index contributed by atoms with van der Waals surface area (Å²) in [4.78, 5) is 12.2. The van der Waals surface area contributed by atoms with Gasteiger partial charge in [0.15, 0.2) is 0 Å². The van der Waals surface area contributed by atoms with Crippen LogP contribution in [0.25, 0.3) is 0 Å². The molecule has 1 aliphatic rings. The molecule has 144 valence electrons. The van der Waals surface area contributed by atoms with Crippen molar-refractivity contribution in [1.29, 1.82) is 0 Å². The Balaban J connectivity index is 1.47. The van der Waals surface area contributed by atoms with Crippen LogP contribution >= 0.6 is 0 Å². The minimum atomic E-state index is -0.894. The third kappa shape index (κ3) is 3.80. The van der Waals surface area contributed by atoms with E-state index in [1.807, 2.05) is 41.2 Å². The van der Waals surface area contributed by atoms with Gasteiger partial charge in [0.25, 0.3) is 5.91 Å². The topological polar surface area (TPSA) is 56.1 Å². The Morgan fingerprint density at radius 3 is 2.64 bits per heavy atom. The van der Waals surface area contributed by atoms with Crippen LogP contribution in [0.2, 0.25) is 0 Å². The molecule has 2 heterocycles. The van der Waals surface area contributed by atoms with E-state index in [0.717, 1.165) is 35.4 Å². The Bertz CT molecular complexity index is 968. The summed E-state index contributed by atoms with van der Waals surface area (Å²) >= 11 is 0. The number of carbonyl (C=O) groups excluding carboxylic acids is 1. The van der Waals surface area contributed by atoms with Crippen molar-refractivity contribution in [3.63, 3.8) is 0 Å². The maximum atomic E-state index is 13.8. The third-order valence-corrected chi connectivity index (χ3v) is 4.69. The molecule has 1 aliphatic heterocycles. The van der Waals surface area contributed by atoms with Crippen LogP contribution < -0.4 is 5.32 Å². The van der Waals surface area contributed by atoms with Gasteiger partial charge in [-0.25, -0.2) is 8.78 Å². The van der Waals surface area contributed by atoms with Gasteiger partial charge in [-0.05, 0) is 29.7 Å². The molecule has 3 aromatic rings. The number of hydrogen-bond donors (Lipinski definition) is 1. The van der Waals surface area contributed by atoms with Crippen LogP contribution in [0.15, 0.2) is 54.7 Å². The lowest BCUT2D eigenvalue weighted by atomic mass is 10.1. The normalized spacial score (nSPS) is 15.9. The predicted octanol–water partition coefficient (Wildman–Crippen LogP) is 3.25. The summed E-state index contributed by atoms with van der Waals surface area (Å²) in [7, 11) is 0. The van der Waals surface area contributed by atoms with E-state index in [0.29, 0.717) is 13.2 Å². The first-order chi connectivity index (χ1) is 13.6. The second-order valence-corrected chi connectivity index (χ2v) is 6.64. The number of aromatic nitrogens is 2. The summed E-state index contributed by atoms with van der Waals surface area (Å²) in [6, 6.07) is 13.3. The SMILES string of the molecule is O=C(NCC1OCCc2cn(Cc3ccccc3)nc21)c1c(F)cccc1F. The van der Waals surface area contributed by atoms with E-state index in [9.17, 15) is 13.6 Å². The van der Waals surface area contributed by atoms with Crippen molar-refractivity contribution in [2.45, 2.75) is 19.1 Å². The number of carbonyl (C=O) groups is 1. The summed E-state index contributed by atoms with van der Waals surface area (Å²) in [5.41, 5.74) is 2.34. The highest BCUT2D eigenvalue weighted by Gasteiger charge is 2.26. The molecule has 0 aliphatic carbocycles. The van der Waals surface area contributed by atoms with E-state index in [-0.39, 0.29) is 6.54 Å². The molecule has 1 unspecified atom stereocenters. The summed E-state index contributed by atoms with van der Waals surface area (Å²) in [6.45, 7) is 1.22. The number of amides is 1. The fourth-order valence-corrected chi connectivity index (χ4v) is 3.33. The van der Waals surface area contributed by atoms with E-state index in [2.05, 4.69) is 10.4 Å². The van der Waals surface area contributed by atoms with E-state index in [1.54, 1.807) is 0 Å². The number of fused-ring (bicyclic) bond motifs is 1. The number of nitrogens with one attached hydrogen (secondary N) is 1. The number of hydrogen-bond acceptors (Lipinski definition) is 3. The molecular weight excluding hydrogens is 364 g/mol. The molecule has 1 aromatic heterocycles. The number of nitrogens with zero attached hydrogens (tertiary/aromatic N) is 2. The van der Waals surface area contributed by atoms with Crippen molar-refractivity contribution in [3.05, 3.63) is 88.7 Å². The third-order valence-electron chi connectivity index (χ3n) is 4.69.